The second-order valence-corrected chi connectivity index (χ2v) is 8.77. The molecule has 0 fully saturated rings. The molecule has 1 aliphatic heterocycles. The first kappa shape index (κ1) is 20.2. The zero-order chi connectivity index (χ0) is 21.3. The van der Waals surface area contributed by atoms with Crippen molar-refractivity contribution in [2.75, 3.05) is 11.9 Å². The Balaban J connectivity index is 1.43. The SMILES string of the molecule is C[C@H](Sc1nnc([C@@H]2COc3ccccc3O2)n1C)C(=O)Nc1sccc1C(N)=O. The molecular weight excluding hydrogens is 426 g/mol. The average Bonchev–Trinajstić information content (AvgIpc) is 3.34. The second-order valence-electron chi connectivity index (χ2n) is 6.54. The van der Waals surface area contributed by atoms with E-state index in [0.717, 1.165) is 0 Å². The fourth-order valence-electron chi connectivity index (χ4n) is 2.88. The highest BCUT2D eigenvalue weighted by Gasteiger charge is 2.28. The topological polar surface area (TPSA) is 121 Å². The summed E-state index contributed by atoms with van der Waals surface area (Å²) in [4.78, 5) is 24.0. The number of hydrogen-bond donors (Lipinski definition) is 2. The van der Waals surface area contributed by atoms with Crippen molar-refractivity contribution in [1.29, 1.82) is 0 Å². The van der Waals surface area contributed by atoms with E-state index in [0.29, 0.717) is 39.7 Å². The maximum Gasteiger partial charge on any atom is 0.251 e. The number of ether oxygens (including phenoxy) is 2. The van der Waals surface area contributed by atoms with Gasteiger partial charge in [0.05, 0.1) is 10.8 Å². The van der Waals surface area contributed by atoms with E-state index in [4.69, 9.17) is 15.2 Å². The van der Waals surface area contributed by atoms with Crippen LogP contribution < -0.4 is 20.5 Å². The van der Waals surface area contributed by atoms with Crippen LogP contribution in [0.15, 0.2) is 40.9 Å². The molecule has 2 aromatic heterocycles. The number of nitrogens with two attached hydrogens (primary N) is 1. The predicted octanol–water partition coefficient (Wildman–Crippen LogP) is 2.61. The molecule has 3 aromatic rings. The summed E-state index contributed by atoms with van der Waals surface area (Å²) >= 11 is 2.50. The lowest BCUT2D eigenvalue weighted by atomic mass is 10.2. The number of primary amides is 1. The molecule has 1 aromatic carbocycles. The lowest BCUT2D eigenvalue weighted by Crippen LogP contribution is -2.25. The Morgan fingerprint density at radius 1 is 1.30 bits per heavy atom. The molecule has 0 saturated carbocycles. The van der Waals surface area contributed by atoms with Gasteiger partial charge in [-0.2, -0.15) is 0 Å². The second kappa shape index (κ2) is 8.36. The summed E-state index contributed by atoms with van der Waals surface area (Å²) in [5, 5.41) is 13.4. The minimum atomic E-state index is -0.582. The smallest absolute Gasteiger partial charge is 0.251 e. The molecular formula is C19H19N5O4S2. The highest BCUT2D eigenvalue weighted by Crippen LogP contribution is 2.36. The summed E-state index contributed by atoms with van der Waals surface area (Å²) in [6.07, 6.45) is -0.403. The van der Waals surface area contributed by atoms with Gasteiger partial charge in [-0.15, -0.1) is 21.5 Å². The molecule has 2 atom stereocenters. The standard InChI is InChI=1S/C19H19N5O4S2/c1-10(17(26)21-18-11(15(20)25)7-8-29-18)30-19-23-22-16(24(19)2)14-9-27-12-5-3-4-6-13(12)28-14/h3-8,10,14H,9H2,1-2H3,(H2,20,25)(H,21,26)/t10-,14-/m0/s1. The van der Waals surface area contributed by atoms with Gasteiger partial charge in [0.15, 0.2) is 28.6 Å². The van der Waals surface area contributed by atoms with Crippen molar-refractivity contribution in [2.45, 2.75) is 23.4 Å². The Morgan fingerprint density at radius 3 is 2.83 bits per heavy atom. The Kier molecular flexibility index (Phi) is 5.64. The first-order valence-electron chi connectivity index (χ1n) is 9.06. The van der Waals surface area contributed by atoms with E-state index in [1.165, 1.54) is 23.1 Å². The van der Waals surface area contributed by atoms with Crippen LogP contribution in [0.4, 0.5) is 5.00 Å². The summed E-state index contributed by atoms with van der Waals surface area (Å²) in [6.45, 7) is 2.07. The van der Waals surface area contributed by atoms with Crippen molar-refractivity contribution in [3.8, 4) is 11.5 Å². The summed E-state index contributed by atoms with van der Waals surface area (Å²) in [7, 11) is 1.82. The molecule has 30 heavy (non-hydrogen) atoms. The number of hydrogen-bond acceptors (Lipinski definition) is 8. The average molecular weight is 446 g/mol. The Bertz CT molecular complexity index is 1100. The van der Waals surface area contributed by atoms with Gasteiger partial charge < -0.3 is 25.1 Å². The summed E-state index contributed by atoms with van der Waals surface area (Å²) in [6, 6.07) is 9.03. The van der Waals surface area contributed by atoms with Crippen LogP contribution in [0.3, 0.4) is 0 Å². The lowest BCUT2D eigenvalue weighted by Gasteiger charge is -2.25. The maximum absolute atomic E-state index is 12.6. The van der Waals surface area contributed by atoms with Crippen LogP contribution in [-0.2, 0) is 11.8 Å². The Labute approximate surface area is 180 Å². The van der Waals surface area contributed by atoms with E-state index in [9.17, 15) is 9.59 Å². The van der Waals surface area contributed by atoms with Crippen molar-refractivity contribution in [3.05, 3.63) is 47.1 Å². The van der Waals surface area contributed by atoms with Crippen molar-refractivity contribution in [2.24, 2.45) is 12.8 Å². The van der Waals surface area contributed by atoms with E-state index >= 15 is 0 Å². The van der Waals surface area contributed by atoms with Crippen molar-refractivity contribution < 1.29 is 19.1 Å². The largest absolute Gasteiger partial charge is 0.485 e. The van der Waals surface area contributed by atoms with Gasteiger partial charge in [0.2, 0.25) is 5.91 Å². The number of rotatable bonds is 6. The zero-order valence-corrected chi connectivity index (χ0v) is 17.8. The number of benzene rings is 1. The van der Waals surface area contributed by atoms with Crippen molar-refractivity contribution in [3.63, 3.8) is 0 Å². The number of fused-ring (bicyclic) bond motifs is 1. The van der Waals surface area contributed by atoms with Crippen LogP contribution in [0.25, 0.3) is 0 Å². The normalized spacial score (nSPS) is 16.1. The number of carbonyl (C=O) groups excluding carboxylic acids is 2. The van der Waals surface area contributed by atoms with Gasteiger partial charge in [-0.25, -0.2) is 0 Å². The van der Waals surface area contributed by atoms with Crippen LogP contribution in [-0.4, -0.2) is 38.4 Å². The first-order valence-corrected chi connectivity index (χ1v) is 10.8. The van der Waals surface area contributed by atoms with E-state index in [1.807, 2.05) is 31.3 Å². The molecule has 0 spiro atoms. The van der Waals surface area contributed by atoms with Crippen LogP contribution in [0.5, 0.6) is 11.5 Å². The number of nitrogens with one attached hydrogen (secondary N) is 1. The number of nitrogens with zero attached hydrogens (tertiary/aromatic N) is 3. The fourth-order valence-corrected chi connectivity index (χ4v) is 4.50. The van der Waals surface area contributed by atoms with Crippen molar-refractivity contribution >= 4 is 39.9 Å². The molecule has 0 unspecified atom stereocenters. The van der Waals surface area contributed by atoms with E-state index in [2.05, 4.69) is 15.5 Å². The third kappa shape index (κ3) is 3.98. The molecule has 0 radical (unpaired) electrons. The molecule has 9 nitrogen and oxygen atoms in total. The zero-order valence-electron chi connectivity index (χ0n) is 16.2. The Morgan fingerprint density at radius 2 is 2.07 bits per heavy atom. The number of anilines is 1. The van der Waals surface area contributed by atoms with Gasteiger partial charge in [-0.3, -0.25) is 9.59 Å². The first-order chi connectivity index (χ1) is 14.4. The summed E-state index contributed by atoms with van der Waals surface area (Å²) < 4.78 is 13.5. The lowest BCUT2D eigenvalue weighted by molar-refractivity contribution is -0.115. The minimum absolute atomic E-state index is 0.263. The molecule has 4 rings (SSSR count). The summed E-state index contributed by atoms with van der Waals surface area (Å²) in [5.74, 6) is 1.11. The molecule has 1 aliphatic rings. The van der Waals surface area contributed by atoms with Gasteiger partial charge >= 0.3 is 0 Å². The van der Waals surface area contributed by atoms with E-state index < -0.39 is 17.3 Å². The molecule has 11 heteroatoms. The van der Waals surface area contributed by atoms with Crippen LogP contribution in [0.1, 0.15) is 29.2 Å². The quantitative estimate of drug-likeness (QED) is 0.559. The molecule has 0 aliphatic carbocycles. The number of aromatic nitrogens is 3. The van der Waals surface area contributed by atoms with Crippen LogP contribution in [0.2, 0.25) is 0 Å². The van der Waals surface area contributed by atoms with E-state index in [-0.39, 0.29) is 5.91 Å². The molecule has 3 heterocycles. The molecule has 2 amide bonds. The van der Waals surface area contributed by atoms with Crippen molar-refractivity contribution in [1.82, 2.24) is 14.8 Å². The van der Waals surface area contributed by atoms with Gasteiger partial charge in [0.1, 0.15) is 11.6 Å². The predicted molar refractivity (Wildman–Crippen MR) is 113 cm³/mol. The molecule has 3 N–H and O–H groups in total. The highest BCUT2D eigenvalue weighted by molar-refractivity contribution is 8.00. The third-order valence-electron chi connectivity index (χ3n) is 4.48. The van der Waals surface area contributed by atoms with Crippen LogP contribution in [0, 0.1) is 0 Å². The monoisotopic (exact) mass is 445 g/mol. The van der Waals surface area contributed by atoms with Gasteiger partial charge in [0.25, 0.3) is 5.91 Å². The number of thioether (sulfide) groups is 1. The third-order valence-corrected chi connectivity index (χ3v) is 6.45. The minimum Gasteiger partial charge on any atom is -0.485 e. The number of amides is 2. The van der Waals surface area contributed by atoms with Gasteiger partial charge in [-0.1, -0.05) is 23.9 Å². The fraction of sp³-hybridized carbons (Fsp3) is 0.263. The van der Waals surface area contributed by atoms with Crippen LogP contribution >= 0.6 is 23.1 Å². The number of carbonyl (C=O) groups is 2. The molecule has 0 bridgehead atoms. The number of thiophene rings is 1. The maximum atomic E-state index is 12.6. The van der Waals surface area contributed by atoms with E-state index in [1.54, 1.807) is 22.9 Å². The summed E-state index contributed by atoms with van der Waals surface area (Å²) in [5.41, 5.74) is 5.62. The van der Waals surface area contributed by atoms with Gasteiger partial charge in [-0.05, 0) is 30.5 Å². The molecule has 0 saturated heterocycles. The number of para-hydroxylation sites is 2. The Hall–Kier alpha value is -3.05. The molecule has 156 valence electrons. The highest BCUT2D eigenvalue weighted by atomic mass is 32.2. The van der Waals surface area contributed by atoms with Gasteiger partial charge in [0, 0.05) is 7.05 Å².